The summed E-state index contributed by atoms with van der Waals surface area (Å²) in [6.45, 7) is 1.16. The molecule has 0 atom stereocenters. The van der Waals surface area contributed by atoms with Gasteiger partial charge < -0.3 is 15.2 Å². The van der Waals surface area contributed by atoms with Crippen molar-refractivity contribution in [3.8, 4) is 11.5 Å². The van der Waals surface area contributed by atoms with Gasteiger partial charge in [0.15, 0.2) is 0 Å². The molecule has 1 aromatic heterocycles. The van der Waals surface area contributed by atoms with Gasteiger partial charge in [0.25, 0.3) is 0 Å². The Morgan fingerprint density at radius 3 is 2.79 bits per heavy atom. The minimum absolute atomic E-state index is 0.570. The van der Waals surface area contributed by atoms with Crippen LogP contribution in [0.15, 0.2) is 34.1 Å². The number of rotatable bonds is 6. The minimum atomic E-state index is 0.570. The third-order valence-electron chi connectivity index (χ3n) is 2.67. The number of nitrogens with two attached hydrogens (primary N) is 1. The quantitative estimate of drug-likeness (QED) is 0.872. The molecular formula is C14H16BrNO2S. The van der Waals surface area contributed by atoms with Gasteiger partial charge in [-0.1, -0.05) is 0 Å². The molecule has 0 aliphatic rings. The van der Waals surface area contributed by atoms with Crippen molar-refractivity contribution in [3.63, 3.8) is 0 Å². The molecule has 0 bridgehead atoms. The summed E-state index contributed by atoms with van der Waals surface area (Å²) < 4.78 is 12.2. The van der Waals surface area contributed by atoms with E-state index >= 15 is 0 Å². The number of hydrogen-bond acceptors (Lipinski definition) is 4. The van der Waals surface area contributed by atoms with Crippen LogP contribution in [-0.2, 0) is 13.0 Å². The zero-order valence-electron chi connectivity index (χ0n) is 10.7. The molecule has 19 heavy (non-hydrogen) atoms. The Bertz CT molecular complexity index is 542. The van der Waals surface area contributed by atoms with E-state index in [1.165, 1.54) is 4.88 Å². The molecule has 0 aliphatic carbocycles. The van der Waals surface area contributed by atoms with Gasteiger partial charge in [0.2, 0.25) is 0 Å². The Labute approximate surface area is 125 Å². The van der Waals surface area contributed by atoms with Crippen molar-refractivity contribution in [2.24, 2.45) is 5.73 Å². The molecule has 2 N–H and O–H groups in total. The zero-order chi connectivity index (χ0) is 13.7. The van der Waals surface area contributed by atoms with Crippen LogP contribution in [0, 0.1) is 0 Å². The fourth-order valence-corrected chi connectivity index (χ4v) is 3.12. The van der Waals surface area contributed by atoms with E-state index in [2.05, 4.69) is 22.0 Å². The van der Waals surface area contributed by atoms with E-state index in [9.17, 15) is 0 Å². The number of methoxy groups -OCH3 is 1. The van der Waals surface area contributed by atoms with Gasteiger partial charge in [-0.3, -0.25) is 0 Å². The second-order valence-corrected chi connectivity index (χ2v) is 5.94. The highest BCUT2D eigenvalue weighted by atomic mass is 79.9. The monoisotopic (exact) mass is 341 g/mol. The van der Waals surface area contributed by atoms with E-state index in [1.807, 2.05) is 23.6 Å². The second kappa shape index (κ2) is 6.93. The summed E-state index contributed by atoms with van der Waals surface area (Å²) in [7, 11) is 1.66. The van der Waals surface area contributed by atoms with Crippen molar-refractivity contribution in [1.82, 2.24) is 0 Å². The molecule has 2 rings (SSSR count). The number of thiophene rings is 1. The van der Waals surface area contributed by atoms with E-state index < -0.39 is 0 Å². The normalized spacial score (nSPS) is 10.5. The largest absolute Gasteiger partial charge is 0.497 e. The Morgan fingerprint density at radius 2 is 2.16 bits per heavy atom. The zero-order valence-corrected chi connectivity index (χ0v) is 13.1. The van der Waals surface area contributed by atoms with Crippen molar-refractivity contribution in [2.75, 3.05) is 13.7 Å². The number of hydrogen-bond donors (Lipinski definition) is 1. The Balaban J connectivity index is 2.10. The highest BCUT2D eigenvalue weighted by Gasteiger charge is 2.06. The number of halogens is 1. The summed E-state index contributed by atoms with van der Waals surface area (Å²) in [6, 6.07) is 7.88. The van der Waals surface area contributed by atoms with E-state index in [0.29, 0.717) is 13.2 Å². The SMILES string of the molecule is COc1ccc(OCc2cc(Br)cs2)c(CCN)c1. The van der Waals surface area contributed by atoms with E-state index in [1.54, 1.807) is 18.4 Å². The maximum Gasteiger partial charge on any atom is 0.123 e. The lowest BCUT2D eigenvalue weighted by Crippen LogP contribution is -2.05. The summed E-state index contributed by atoms with van der Waals surface area (Å²) in [5.41, 5.74) is 6.71. The van der Waals surface area contributed by atoms with Crippen LogP contribution in [0.1, 0.15) is 10.4 Å². The van der Waals surface area contributed by atoms with Gasteiger partial charge in [0.05, 0.1) is 7.11 Å². The number of ether oxygens (including phenoxy) is 2. The third kappa shape index (κ3) is 3.96. The number of benzene rings is 1. The van der Waals surface area contributed by atoms with Crippen LogP contribution < -0.4 is 15.2 Å². The van der Waals surface area contributed by atoms with Crippen LogP contribution in [-0.4, -0.2) is 13.7 Å². The first-order valence-electron chi connectivity index (χ1n) is 5.95. The smallest absolute Gasteiger partial charge is 0.123 e. The summed E-state index contributed by atoms with van der Waals surface area (Å²) in [4.78, 5) is 1.18. The average molecular weight is 342 g/mol. The molecule has 0 radical (unpaired) electrons. The standard InChI is InChI=1S/C14H16BrNO2S/c1-17-12-2-3-14(10(6-12)4-5-16)18-8-13-7-11(15)9-19-13/h2-3,6-7,9H,4-5,8,16H2,1H3. The molecule has 0 aliphatic heterocycles. The molecule has 2 aromatic rings. The lowest BCUT2D eigenvalue weighted by Gasteiger charge is -2.11. The molecule has 3 nitrogen and oxygen atoms in total. The summed E-state index contributed by atoms with van der Waals surface area (Å²) in [5.74, 6) is 1.70. The second-order valence-electron chi connectivity index (χ2n) is 4.03. The van der Waals surface area contributed by atoms with Crippen molar-refractivity contribution < 1.29 is 9.47 Å². The first-order chi connectivity index (χ1) is 9.22. The van der Waals surface area contributed by atoms with Crippen molar-refractivity contribution in [2.45, 2.75) is 13.0 Å². The summed E-state index contributed by atoms with van der Waals surface area (Å²) in [6.07, 6.45) is 0.778. The van der Waals surface area contributed by atoms with Gasteiger partial charge in [0.1, 0.15) is 18.1 Å². The van der Waals surface area contributed by atoms with Crippen LogP contribution in [0.3, 0.4) is 0 Å². The molecule has 102 valence electrons. The van der Waals surface area contributed by atoms with Gasteiger partial charge in [0, 0.05) is 14.7 Å². The molecular weight excluding hydrogens is 326 g/mol. The fourth-order valence-electron chi connectivity index (χ4n) is 1.75. The molecule has 1 aromatic carbocycles. The predicted molar refractivity (Wildman–Crippen MR) is 82.1 cm³/mol. The fraction of sp³-hybridized carbons (Fsp3) is 0.286. The van der Waals surface area contributed by atoms with Gasteiger partial charge >= 0.3 is 0 Å². The van der Waals surface area contributed by atoms with E-state index in [4.69, 9.17) is 15.2 Å². The average Bonchev–Trinajstić information content (AvgIpc) is 2.83. The summed E-state index contributed by atoms with van der Waals surface area (Å²) >= 11 is 5.11. The molecule has 0 unspecified atom stereocenters. The molecule has 0 amide bonds. The van der Waals surface area contributed by atoms with Crippen LogP contribution >= 0.6 is 27.3 Å². The van der Waals surface area contributed by atoms with Gasteiger partial charge in [-0.2, -0.15) is 0 Å². The van der Waals surface area contributed by atoms with Gasteiger partial charge in [-0.15, -0.1) is 11.3 Å². The highest BCUT2D eigenvalue weighted by molar-refractivity contribution is 9.10. The Morgan fingerprint density at radius 1 is 1.32 bits per heavy atom. The topological polar surface area (TPSA) is 44.5 Å². The first-order valence-corrected chi connectivity index (χ1v) is 7.63. The lowest BCUT2D eigenvalue weighted by molar-refractivity contribution is 0.305. The molecule has 0 fully saturated rings. The maximum absolute atomic E-state index is 5.87. The molecule has 0 saturated carbocycles. The third-order valence-corrected chi connectivity index (χ3v) is 4.34. The van der Waals surface area contributed by atoms with E-state index in [0.717, 1.165) is 28.0 Å². The molecule has 1 heterocycles. The predicted octanol–water partition coefficient (Wildman–Crippen LogP) is 3.60. The van der Waals surface area contributed by atoms with Crippen LogP contribution in [0.25, 0.3) is 0 Å². The van der Waals surface area contributed by atoms with Crippen molar-refractivity contribution >= 4 is 27.3 Å². The van der Waals surface area contributed by atoms with E-state index in [-0.39, 0.29) is 0 Å². The summed E-state index contributed by atoms with van der Waals surface area (Å²) in [5, 5.41) is 2.05. The first kappa shape index (κ1) is 14.4. The van der Waals surface area contributed by atoms with Crippen LogP contribution in [0.2, 0.25) is 0 Å². The minimum Gasteiger partial charge on any atom is -0.497 e. The van der Waals surface area contributed by atoms with Gasteiger partial charge in [-0.05, 0) is 58.7 Å². The molecule has 0 saturated heterocycles. The van der Waals surface area contributed by atoms with Crippen molar-refractivity contribution in [3.05, 3.63) is 44.6 Å². The highest BCUT2D eigenvalue weighted by Crippen LogP contribution is 2.27. The molecule has 0 spiro atoms. The van der Waals surface area contributed by atoms with Crippen LogP contribution in [0.5, 0.6) is 11.5 Å². The maximum atomic E-state index is 5.87. The molecule has 5 heteroatoms. The Kier molecular flexibility index (Phi) is 5.24. The lowest BCUT2D eigenvalue weighted by atomic mass is 10.1. The Hall–Kier alpha value is -1.04. The van der Waals surface area contributed by atoms with Gasteiger partial charge in [-0.25, -0.2) is 0 Å². The van der Waals surface area contributed by atoms with Crippen molar-refractivity contribution in [1.29, 1.82) is 0 Å². The van der Waals surface area contributed by atoms with Crippen LogP contribution in [0.4, 0.5) is 0 Å².